The molecule has 1 fully saturated rings. The minimum Gasteiger partial charge on any atom is -0.479 e. The van der Waals surface area contributed by atoms with Gasteiger partial charge in [0.15, 0.2) is 12.2 Å². The molecule has 1 aliphatic heterocycles. The van der Waals surface area contributed by atoms with Crippen molar-refractivity contribution in [2.45, 2.75) is 38.0 Å². The van der Waals surface area contributed by atoms with Gasteiger partial charge in [-0.15, -0.1) is 0 Å². The van der Waals surface area contributed by atoms with E-state index in [9.17, 15) is 9.59 Å². The van der Waals surface area contributed by atoms with Gasteiger partial charge in [0.05, 0.1) is 0 Å². The summed E-state index contributed by atoms with van der Waals surface area (Å²) in [7, 11) is 0. The van der Waals surface area contributed by atoms with E-state index >= 15 is 0 Å². The number of hydrogen-bond donors (Lipinski definition) is 5. The smallest absolute Gasteiger partial charge is 0.335 e. The lowest BCUT2D eigenvalue weighted by Gasteiger charge is -2.07. The third-order valence-electron chi connectivity index (χ3n) is 2.11. The molecule has 94 valence electrons. The molecule has 0 bridgehead atoms. The van der Waals surface area contributed by atoms with Gasteiger partial charge in [0.2, 0.25) is 0 Å². The molecule has 0 aromatic rings. The molecule has 0 aromatic carbocycles. The molecule has 16 heavy (non-hydrogen) atoms. The Morgan fingerprint density at radius 3 is 1.75 bits per heavy atom. The zero-order valence-corrected chi connectivity index (χ0v) is 8.96. The van der Waals surface area contributed by atoms with Gasteiger partial charge >= 0.3 is 11.9 Å². The van der Waals surface area contributed by atoms with Crippen molar-refractivity contribution in [3.8, 4) is 0 Å². The van der Waals surface area contributed by atoms with Gasteiger partial charge in [0, 0.05) is 6.04 Å². The van der Waals surface area contributed by atoms with Crippen molar-refractivity contribution >= 4 is 11.9 Å². The van der Waals surface area contributed by atoms with E-state index in [0.717, 1.165) is 6.04 Å². The maximum atomic E-state index is 9.77. The van der Waals surface area contributed by atoms with Gasteiger partial charge in [-0.25, -0.2) is 9.59 Å². The van der Waals surface area contributed by atoms with Crippen LogP contribution in [-0.4, -0.2) is 57.2 Å². The second-order valence-corrected chi connectivity index (χ2v) is 3.56. The molecule has 1 heterocycles. The minimum atomic E-state index is -2.27. The standard InChI is InChI=1S/C5H11N.C4H6O6/c1-5-3-2-4-6-5;5-1(3(7)8)2(6)4(9)10/h5-6H,2-4H2,1H3;1-2,5-6H,(H,7,8)(H,9,10)/t5-;1-,2-/m00/s1. The van der Waals surface area contributed by atoms with Crippen LogP contribution in [-0.2, 0) is 9.59 Å². The van der Waals surface area contributed by atoms with E-state index in [-0.39, 0.29) is 0 Å². The molecule has 7 heteroatoms. The number of hydrogen-bond acceptors (Lipinski definition) is 5. The van der Waals surface area contributed by atoms with Crippen LogP contribution in [0, 0.1) is 0 Å². The third kappa shape index (κ3) is 5.64. The highest BCUT2D eigenvalue weighted by molar-refractivity contribution is 5.83. The van der Waals surface area contributed by atoms with Crippen molar-refractivity contribution in [3.63, 3.8) is 0 Å². The SMILES string of the molecule is C[C@H]1CCCN1.O=C(O)[C@@H](O)[C@H](O)C(=O)O. The van der Waals surface area contributed by atoms with Gasteiger partial charge in [-0.3, -0.25) is 0 Å². The predicted molar refractivity (Wildman–Crippen MR) is 54.0 cm³/mol. The Labute approximate surface area is 92.7 Å². The fourth-order valence-corrected chi connectivity index (χ4v) is 1.13. The van der Waals surface area contributed by atoms with Gasteiger partial charge in [0.25, 0.3) is 0 Å². The summed E-state index contributed by atoms with van der Waals surface area (Å²) in [5.41, 5.74) is 0. The van der Waals surface area contributed by atoms with Crippen molar-refractivity contribution in [2.24, 2.45) is 0 Å². The average molecular weight is 235 g/mol. The minimum absolute atomic E-state index is 0.796. The molecule has 0 aliphatic carbocycles. The Hall–Kier alpha value is -1.18. The van der Waals surface area contributed by atoms with Crippen molar-refractivity contribution in [3.05, 3.63) is 0 Å². The first-order valence-corrected chi connectivity index (χ1v) is 4.91. The molecular weight excluding hydrogens is 218 g/mol. The van der Waals surface area contributed by atoms with E-state index in [1.807, 2.05) is 0 Å². The van der Waals surface area contributed by atoms with E-state index in [2.05, 4.69) is 12.2 Å². The number of carbonyl (C=O) groups is 2. The lowest BCUT2D eigenvalue weighted by molar-refractivity contribution is -0.165. The van der Waals surface area contributed by atoms with Gasteiger partial charge in [-0.1, -0.05) is 0 Å². The number of carboxylic acid groups (broad SMARTS) is 2. The van der Waals surface area contributed by atoms with E-state index < -0.39 is 24.1 Å². The molecule has 0 aromatic heterocycles. The van der Waals surface area contributed by atoms with Crippen LogP contribution in [0.5, 0.6) is 0 Å². The molecule has 0 saturated carbocycles. The van der Waals surface area contributed by atoms with Gasteiger partial charge < -0.3 is 25.7 Å². The van der Waals surface area contributed by atoms with Crippen LogP contribution < -0.4 is 5.32 Å². The number of nitrogens with one attached hydrogen (secondary N) is 1. The average Bonchev–Trinajstić information content (AvgIpc) is 2.67. The van der Waals surface area contributed by atoms with Gasteiger partial charge in [-0.2, -0.15) is 0 Å². The van der Waals surface area contributed by atoms with Crippen LogP contribution in [0.4, 0.5) is 0 Å². The van der Waals surface area contributed by atoms with E-state index in [1.165, 1.54) is 19.4 Å². The topological polar surface area (TPSA) is 127 Å². The monoisotopic (exact) mass is 235 g/mol. The fraction of sp³-hybridized carbons (Fsp3) is 0.778. The second kappa shape index (κ2) is 7.15. The van der Waals surface area contributed by atoms with Crippen LogP contribution in [0.3, 0.4) is 0 Å². The van der Waals surface area contributed by atoms with Gasteiger partial charge in [0.1, 0.15) is 0 Å². The van der Waals surface area contributed by atoms with Crippen molar-refractivity contribution < 1.29 is 30.0 Å². The predicted octanol–water partition coefficient (Wildman–Crippen LogP) is -1.36. The van der Waals surface area contributed by atoms with Crippen molar-refractivity contribution in [2.75, 3.05) is 6.54 Å². The molecule has 3 atom stereocenters. The van der Waals surface area contributed by atoms with Crippen LogP contribution in [0.1, 0.15) is 19.8 Å². The summed E-state index contributed by atoms with van der Waals surface area (Å²) in [5.74, 6) is -3.54. The lowest BCUT2D eigenvalue weighted by atomic mass is 10.2. The Morgan fingerprint density at radius 1 is 1.19 bits per heavy atom. The Kier molecular flexibility index (Phi) is 6.63. The molecule has 0 unspecified atom stereocenters. The summed E-state index contributed by atoms with van der Waals surface area (Å²) in [6.07, 6.45) is -1.78. The zero-order chi connectivity index (χ0) is 12.7. The largest absolute Gasteiger partial charge is 0.479 e. The van der Waals surface area contributed by atoms with Gasteiger partial charge in [-0.05, 0) is 26.3 Å². The Balaban J connectivity index is 0.000000315. The molecule has 1 saturated heterocycles. The zero-order valence-electron chi connectivity index (χ0n) is 8.96. The summed E-state index contributed by atoms with van der Waals surface area (Å²) in [6, 6.07) is 0.796. The summed E-state index contributed by atoms with van der Waals surface area (Å²) >= 11 is 0. The second-order valence-electron chi connectivity index (χ2n) is 3.56. The number of aliphatic hydroxyl groups excluding tert-OH is 2. The molecule has 1 aliphatic rings. The Morgan fingerprint density at radius 2 is 1.62 bits per heavy atom. The molecular formula is C9H17NO6. The summed E-state index contributed by atoms with van der Waals surface area (Å²) in [5, 5.41) is 35.8. The quantitative estimate of drug-likeness (QED) is 0.408. The molecule has 0 radical (unpaired) electrons. The number of rotatable bonds is 3. The summed E-state index contributed by atoms with van der Waals surface area (Å²) in [6.45, 7) is 3.47. The van der Waals surface area contributed by atoms with Crippen LogP contribution in [0.2, 0.25) is 0 Å². The van der Waals surface area contributed by atoms with Crippen LogP contribution in [0.15, 0.2) is 0 Å². The summed E-state index contributed by atoms with van der Waals surface area (Å²) in [4.78, 5) is 19.5. The van der Waals surface area contributed by atoms with E-state index in [0.29, 0.717) is 0 Å². The fourth-order valence-electron chi connectivity index (χ4n) is 1.13. The summed E-state index contributed by atoms with van der Waals surface area (Å²) < 4.78 is 0. The highest BCUT2D eigenvalue weighted by Gasteiger charge is 2.29. The van der Waals surface area contributed by atoms with Crippen molar-refractivity contribution in [1.29, 1.82) is 0 Å². The molecule has 0 spiro atoms. The normalized spacial score (nSPS) is 22.8. The number of aliphatic carboxylic acids is 2. The highest BCUT2D eigenvalue weighted by atomic mass is 16.4. The maximum absolute atomic E-state index is 9.77. The van der Waals surface area contributed by atoms with E-state index in [4.69, 9.17) is 20.4 Å². The highest BCUT2D eigenvalue weighted by Crippen LogP contribution is 2.01. The Bertz CT molecular complexity index is 220. The van der Waals surface area contributed by atoms with Crippen LogP contribution in [0.25, 0.3) is 0 Å². The molecule has 7 nitrogen and oxygen atoms in total. The molecule has 1 rings (SSSR count). The van der Waals surface area contributed by atoms with Crippen molar-refractivity contribution in [1.82, 2.24) is 5.32 Å². The molecule has 0 amide bonds. The number of carboxylic acids is 2. The maximum Gasteiger partial charge on any atom is 0.335 e. The number of aliphatic hydroxyl groups is 2. The van der Waals surface area contributed by atoms with Crippen LogP contribution >= 0.6 is 0 Å². The lowest BCUT2D eigenvalue weighted by Crippen LogP contribution is -2.39. The molecule has 5 N–H and O–H groups in total. The first-order chi connectivity index (χ1) is 7.36. The first-order valence-electron chi connectivity index (χ1n) is 4.91. The third-order valence-corrected chi connectivity index (χ3v) is 2.11. The first kappa shape index (κ1) is 14.8. The van der Waals surface area contributed by atoms with E-state index in [1.54, 1.807) is 0 Å².